The van der Waals surface area contributed by atoms with Crippen LogP contribution in [0.3, 0.4) is 0 Å². The van der Waals surface area contributed by atoms with Crippen LogP contribution in [0.4, 0.5) is 10.2 Å². The molecular formula is C13H19Cl2FN4O. The summed E-state index contributed by atoms with van der Waals surface area (Å²) in [6.45, 7) is 2.67. The van der Waals surface area contributed by atoms with Crippen molar-refractivity contribution in [3.63, 3.8) is 0 Å². The number of aromatic amines is 1. The van der Waals surface area contributed by atoms with Crippen molar-refractivity contribution >= 4 is 41.5 Å². The van der Waals surface area contributed by atoms with Gasteiger partial charge < -0.3 is 15.8 Å². The Balaban J connectivity index is 0.00000110. The number of nitrogen functional groups attached to an aromatic ring is 1. The van der Waals surface area contributed by atoms with E-state index < -0.39 is 5.82 Å². The number of rotatable bonds is 3. The lowest BCUT2D eigenvalue weighted by Gasteiger charge is -2.22. The molecule has 118 valence electrons. The third-order valence-electron chi connectivity index (χ3n) is 3.56. The number of fused-ring (bicyclic) bond motifs is 1. The highest BCUT2D eigenvalue weighted by Gasteiger charge is 2.15. The highest BCUT2D eigenvalue weighted by Crippen LogP contribution is 2.27. The van der Waals surface area contributed by atoms with Crippen LogP contribution in [-0.4, -0.2) is 29.9 Å². The van der Waals surface area contributed by atoms with Crippen LogP contribution in [0.15, 0.2) is 12.1 Å². The number of H-pyrrole nitrogens is 1. The molecule has 0 saturated carbocycles. The second kappa shape index (κ2) is 7.68. The summed E-state index contributed by atoms with van der Waals surface area (Å²) in [7, 11) is 0. The van der Waals surface area contributed by atoms with Crippen molar-refractivity contribution in [2.24, 2.45) is 5.92 Å². The van der Waals surface area contributed by atoms with Crippen molar-refractivity contribution < 1.29 is 9.13 Å². The predicted molar refractivity (Wildman–Crippen MR) is 86.0 cm³/mol. The molecule has 1 aromatic carbocycles. The van der Waals surface area contributed by atoms with Crippen LogP contribution >= 0.6 is 24.8 Å². The molecule has 1 aliphatic rings. The SMILES string of the molecule is Cl.Cl.Nc1n[nH]c2cc(OCC3CCNCC3)cc(F)c12. The summed E-state index contributed by atoms with van der Waals surface area (Å²) >= 11 is 0. The zero-order valence-corrected chi connectivity index (χ0v) is 13.0. The van der Waals surface area contributed by atoms with Crippen LogP contribution in [0.1, 0.15) is 12.8 Å². The van der Waals surface area contributed by atoms with Gasteiger partial charge in [0.15, 0.2) is 5.82 Å². The third-order valence-corrected chi connectivity index (χ3v) is 3.56. The van der Waals surface area contributed by atoms with Crippen LogP contribution < -0.4 is 15.8 Å². The van der Waals surface area contributed by atoms with E-state index in [0.29, 0.717) is 29.2 Å². The molecule has 0 unspecified atom stereocenters. The van der Waals surface area contributed by atoms with E-state index in [9.17, 15) is 4.39 Å². The Morgan fingerprint density at radius 2 is 2.00 bits per heavy atom. The number of hydrogen-bond donors (Lipinski definition) is 3. The topological polar surface area (TPSA) is 76.0 Å². The number of nitrogens with two attached hydrogens (primary N) is 1. The summed E-state index contributed by atoms with van der Waals surface area (Å²) in [5.41, 5.74) is 6.16. The Hall–Kier alpha value is -1.24. The number of anilines is 1. The zero-order chi connectivity index (χ0) is 13.2. The normalized spacial score (nSPS) is 15.3. The molecule has 1 aliphatic heterocycles. The minimum atomic E-state index is -0.399. The first-order valence-corrected chi connectivity index (χ1v) is 6.50. The number of nitrogens with one attached hydrogen (secondary N) is 2. The van der Waals surface area contributed by atoms with Crippen LogP contribution in [0.25, 0.3) is 10.9 Å². The first-order valence-electron chi connectivity index (χ1n) is 6.50. The summed E-state index contributed by atoms with van der Waals surface area (Å²) in [5, 5.41) is 10.1. The van der Waals surface area contributed by atoms with Crippen molar-refractivity contribution in [3.8, 4) is 5.75 Å². The van der Waals surface area contributed by atoms with Gasteiger partial charge in [-0.1, -0.05) is 0 Å². The largest absolute Gasteiger partial charge is 0.493 e. The van der Waals surface area contributed by atoms with Gasteiger partial charge in [-0.3, -0.25) is 5.10 Å². The van der Waals surface area contributed by atoms with Crippen molar-refractivity contribution in [1.82, 2.24) is 15.5 Å². The summed E-state index contributed by atoms with van der Waals surface area (Å²) in [4.78, 5) is 0. The maximum Gasteiger partial charge on any atom is 0.156 e. The van der Waals surface area contributed by atoms with Gasteiger partial charge in [0.2, 0.25) is 0 Å². The maximum atomic E-state index is 13.9. The highest BCUT2D eigenvalue weighted by atomic mass is 35.5. The van der Waals surface area contributed by atoms with Gasteiger partial charge in [0.1, 0.15) is 11.6 Å². The Morgan fingerprint density at radius 1 is 1.29 bits per heavy atom. The molecule has 2 aromatic rings. The molecule has 3 rings (SSSR count). The van der Waals surface area contributed by atoms with Crippen molar-refractivity contribution in [1.29, 1.82) is 0 Å². The van der Waals surface area contributed by atoms with Gasteiger partial charge in [-0.15, -0.1) is 24.8 Å². The Labute approximate surface area is 134 Å². The molecule has 5 nitrogen and oxygen atoms in total. The summed E-state index contributed by atoms with van der Waals surface area (Å²) in [6.07, 6.45) is 2.20. The van der Waals surface area contributed by atoms with Gasteiger partial charge in [-0.2, -0.15) is 5.10 Å². The van der Waals surface area contributed by atoms with Gasteiger partial charge in [0.25, 0.3) is 0 Å². The number of nitrogens with zero attached hydrogens (tertiary/aromatic N) is 1. The predicted octanol–water partition coefficient (Wildman–Crippen LogP) is 2.51. The molecule has 4 N–H and O–H groups in total. The molecule has 1 fully saturated rings. The quantitative estimate of drug-likeness (QED) is 0.804. The lowest BCUT2D eigenvalue weighted by atomic mass is 9.99. The van der Waals surface area contributed by atoms with Gasteiger partial charge in [-0.05, 0) is 31.8 Å². The minimum absolute atomic E-state index is 0. The van der Waals surface area contributed by atoms with Crippen LogP contribution in [-0.2, 0) is 0 Å². The molecular weight excluding hydrogens is 318 g/mol. The third kappa shape index (κ3) is 3.90. The summed E-state index contributed by atoms with van der Waals surface area (Å²) in [6, 6.07) is 3.11. The second-order valence-corrected chi connectivity index (χ2v) is 4.94. The monoisotopic (exact) mass is 336 g/mol. The zero-order valence-electron chi connectivity index (χ0n) is 11.4. The first kappa shape index (κ1) is 17.8. The van der Waals surface area contributed by atoms with E-state index in [2.05, 4.69) is 15.5 Å². The number of ether oxygens (including phenoxy) is 1. The van der Waals surface area contributed by atoms with E-state index in [4.69, 9.17) is 10.5 Å². The number of piperidine rings is 1. The number of aromatic nitrogens is 2. The molecule has 0 atom stereocenters. The molecule has 1 saturated heterocycles. The van der Waals surface area contributed by atoms with Crippen LogP contribution in [0.2, 0.25) is 0 Å². The van der Waals surface area contributed by atoms with Crippen LogP contribution in [0, 0.1) is 11.7 Å². The fraction of sp³-hybridized carbons (Fsp3) is 0.462. The van der Waals surface area contributed by atoms with E-state index in [0.717, 1.165) is 25.9 Å². The molecule has 8 heteroatoms. The van der Waals surface area contributed by atoms with Gasteiger partial charge >= 0.3 is 0 Å². The molecule has 0 amide bonds. The fourth-order valence-corrected chi connectivity index (χ4v) is 2.45. The van der Waals surface area contributed by atoms with Gasteiger partial charge in [0, 0.05) is 12.1 Å². The first-order chi connectivity index (χ1) is 9.24. The lowest BCUT2D eigenvalue weighted by Crippen LogP contribution is -2.30. The van der Waals surface area contributed by atoms with E-state index in [1.165, 1.54) is 6.07 Å². The number of hydrogen-bond acceptors (Lipinski definition) is 4. The van der Waals surface area contributed by atoms with Gasteiger partial charge in [0.05, 0.1) is 17.5 Å². The van der Waals surface area contributed by atoms with Crippen molar-refractivity contribution in [2.75, 3.05) is 25.4 Å². The van der Waals surface area contributed by atoms with Gasteiger partial charge in [-0.25, -0.2) is 4.39 Å². The summed E-state index contributed by atoms with van der Waals surface area (Å²) < 4.78 is 19.6. The average Bonchev–Trinajstić information content (AvgIpc) is 2.80. The van der Waals surface area contributed by atoms with E-state index >= 15 is 0 Å². The van der Waals surface area contributed by atoms with Crippen LogP contribution in [0.5, 0.6) is 5.75 Å². The Bertz CT molecular complexity index is 587. The van der Waals surface area contributed by atoms with E-state index in [1.807, 2.05) is 0 Å². The number of halogens is 3. The molecule has 0 aliphatic carbocycles. The smallest absolute Gasteiger partial charge is 0.156 e. The molecule has 1 aromatic heterocycles. The molecule has 0 bridgehead atoms. The molecule has 2 heterocycles. The Kier molecular flexibility index (Phi) is 6.51. The second-order valence-electron chi connectivity index (χ2n) is 4.94. The summed E-state index contributed by atoms with van der Waals surface area (Å²) in [5.74, 6) is 0.834. The standard InChI is InChI=1S/C13H17FN4O.2ClH/c14-10-5-9(6-11-12(10)13(15)18-17-11)19-7-8-1-3-16-4-2-8;;/h5-6,8,16H,1-4,7H2,(H3,15,17,18);2*1H. The molecule has 0 spiro atoms. The van der Waals surface area contributed by atoms with Crippen molar-refractivity contribution in [3.05, 3.63) is 17.9 Å². The lowest BCUT2D eigenvalue weighted by molar-refractivity contribution is 0.215. The number of benzene rings is 1. The fourth-order valence-electron chi connectivity index (χ4n) is 2.45. The van der Waals surface area contributed by atoms with Crippen molar-refractivity contribution in [2.45, 2.75) is 12.8 Å². The van der Waals surface area contributed by atoms with E-state index in [-0.39, 0.29) is 30.6 Å². The maximum absolute atomic E-state index is 13.9. The Morgan fingerprint density at radius 3 is 2.71 bits per heavy atom. The highest BCUT2D eigenvalue weighted by molar-refractivity contribution is 5.90. The van der Waals surface area contributed by atoms with E-state index in [1.54, 1.807) is 6.07 Å². The molecule has 0 radical (unpaired) electrons. The average molecular weight is 337 g/mol. The minimum Gasteiger partial charge on any atom is -0.493 e. The molecule has 21 heavy (non-hydrogen) atoms.